The fourth-order valence-corrected chi connectivity index (χ4v) is 2.45. The van der Waals surface area contributed by atoms with E-state index in [-0.39, 0.29) is 4.90 Å². The van der Waals surface area contributed by atoms with E-state index < -0.39 is 15.4 Å². The van der Waals surface area contributed by atoms with E-state index in [9.17, 15) is 13.5 Å². The second-order valence-electron chi connectivity index (χ2n) is 4.43. The zero-order valence-corrected chi connectivity index (χ0v) is 10.5. The lowest BCUT2D eigenvalue weighted by atomic mass is 10.1. The molecule has 3 nitrogen and oxygen atoms in total. The van der Waals surface area contributed by atoms with Crippen LogP contribution in [0.3, 0.4) is 0 Å². The minimum Gasteiger partial charge on any atom is -0.390 e. The molecular weight excluding hydrogens is 248 g/mol. The third-order valence-corrected chi connectivity index (χ3v) is 4.27. The van der Waals surface area contributed by atoms with Crippen LogP contribution in [0.4, 0.5) is 0 Å². The second-order valence-corrected chi connectivity index (χ2v) is 6.85. The van der Waals surface area contributed by atoms with Gasteiger partial charge in [0.2, 0.25) is 0 Å². The summed E-state index contributed by atoms with van der Waals surface area (Å²) in [6.07, 6.45) is 3.10. The Bertz CT molecular complexity index is 518. The normalized spacial score (nSPS) is 18.4. The van der Waals surface area contributed by atoms with Crippen LogP contribution in [0, 0.1) is 0 Å². The Morgan fingerprint density at radius 3 is 2.56 bits per heavy atom. The molecular formula is C11H13ClO3S. The fraction of sp³-hybridized carbons (Fsp3) is 0.455. The predicted molar refractivity (Wildman–Crippen MR) is 62.4 cm³/mol. The van der Waals surface area contributed by atoms with Crippen LogP contribution >= 0.6 is 11.6 Å². The van der Waals surface area contributed by atoms with Gasteiger partial charge in [-0.3, -0.25) is 0 Å². The molecule has 0 radical (unpaired) electrons. The van der Waals surface area contributed by atoms with E-state index in [2.05, 4.69) is 0 Å². The lowest BCUT2D eigenvalue weighted by Gasteiger charge is -2.10. The molecule has 1 aliphatic carbocycles. The number of hydrogen-bond acceptors (Lipinski definition) is 3. The van der Waals surface area contributed by atoms with Gasteiger partial charge in [-0.15, -0.1) is 0 Å². The zero-order valence-electron chi connectivity index (χ0n) is 8.90. The molecule has 1 aliphatic rings. The topological polar surface area (TPSA) is 54.4 Å². The number of benzene rings is 1. The van der Waals surface area contributed by atoms with Crippen LogP contribution in [-0.2, 0) is 16.3 Å². The summed E-state index contributed by atoms with van der Waals surface area (Å²) in [4.78, 5) is 0.246. The van der Waals surface area contributed by atoms with Crippen molar-refractivity contribution in [3.63, 3.8) is 0 Å². The molecule has 0 atom stereocenters. The first kappa shape index (κ1) is 11.9. The van der Waals surface area contributed by atoms with Crippen LogP contribution < -0.4 is 0 Å². The summed E-state index contributed by atoms with van der Waals surface area (Å²) in [5, 5.41) is 10.3. The van der Waals surface area contributed by atoms with E-state index >= 15 is 0 Å². The minimum absolute atomic E-state index is 0.246. The molecule has 0 spiro atoms. The Balaban J connectivity index is 2.37. The quantitative estimate of drug-likeness (QED) is 0.902. The van der Waals surface area contributed by atoms with Gasteiger partial charge in [-0.2, -0.15) is 0 Å². The van der Waals surface area contributed by atoms with Crippen molar-refractivity contribution < 1.29 is 13.5 Å². The average molecular weight is 261 g/mol. The van der Waals surface area contributed by atoms with E-state index in [0.717, 1.165) is 19.1 Å². The van der Waals surface area contributed by atoms with Crippen molar-refractivity contribution in [2.75, 3.05) is 6.26 Å². The first-order valence-corrected chi connectivity index (χ1v) is 7.28. The SMILES string of the molecule is CS(=O)(=O)c1ccc(Cl)c(CC2(O)CC2)c1. The summed E-state index contributed by atoms with van der Waals surface area (Å²) in [7, 11) is -3.22. The summed E-state index contributed by atoms with van der Waals surface area (Å²) in [5.41, 5.74) is 0.0318. The highest BCUT2D eigenvalue weighted by Crippen LogP contribution is 2.39. The number of halogens is 1. The molecule has 0 saturated heterocycles. The Hall–Kier alpha value is -0.580. The van der Waals surface area contributed by atoms with Crippen molar-refractivity contribution in [2.45, 2.75) is 29.8 Å². The third kappa shape index (κ3) is 2.56. The van der Waals surface area contributed by atoms with Crippen LogP contribution in [0.15, 0.2) is 23.1 Å². The minimum atomic E-state index is -3.22. The standard InChI is InChI=1S/C11H13ClO3S/c1-16(14,15)9-2-3-10(12)8(6-9)7-11(13)4-5-11/h2-3,6,13H,4-5,7H2,1H3. The summed E-state index contributed by atoms with van der Waals surface area (Å²) in [6, 6.07) is 4.60. The summed E-state index contributed by atoms with van der Waals surface area (Å²) >= 11 is 5.97. The summed E-state index contributed by atoms with van der Waals surface area (Å²) < 4.78 is 22.7. The van der Waals surface area contributed by atoms with Gasteiger partial charge in [-0.05, 0) is 36.6 Å². The fourth-order valence-electron chi connectivity index (χ4n) is 1.59. The second kappa shape index (κ2) is 3.72. The molecule has 1 fully saturated rings. The molecule has 0 unspecified atom stereocenters. The maximum Gasteiger partial charge on any atom is 0.175 e. The maximum atomic E-state index is 11.4. The Labute approximate surface area is 100.0 Å². The lowest BCUT2D eigenvalue weighted by molar-refractivity contribution is 0.151. The van der Waals surface area contributed by atoms with Crippen LogP contribution in [0.5, 0.6) is 0 Å². The number of hydrogen-bond donors (Lipinski definition) is 1. The Kier molecular flexibility index (Phi) is 2.77. The van der Waals surface area contributed by atoms with Crippen LogP contribution in [0.1, 0.15) is 18.4 Å². The number of rotatable bonds is 3. The smallest absolute Gasteiger partial charge is 0.175 e. The molecule has 1 saturated carbocycles. The van der Waals surface area contributed by atoms with Gasteiger partial charge in [0.25, 0.3) is 0 Å². The van der Waals surface area contributed by atoms with Crippen molar-refractivity contribution in [1.82, 2.24) is 0 Å². The van der Waals surface area contributed by atoms with Crippen molar-refractivity contribution in [2.24, 2.45) is 0 Å². The summed E-state index contributed by atoms with van der Waals surface area (Å²) in [5.74, 6) is 0. The molecule has 1 N–H and O–H groups in total. The van der Waals surface area contributed by atoms with Crippen molar-refractivity contribution in [3.05, 3.63) is 28.8 Å². The molecule has 16 heavy (non-hydrogen) atoms. The van der Waals surface area contributed by atoms with Gasteiger partial charge in [-0.25, -0.2) is 8.42 Å². The van der Waals surface area contributed by atoms with E-state index in [4.69, 9.17) is 11.6 Å². The van der Waals surface area contributed by atoms with Gasteiger partial charge >= 0.3 is 0 Å². The van der Waals surface area contributed by atoms with Crippen molar-refractivity contribution >= 4 is 21.4 Å². The van der Waals surface area contributed by atoms with Gasteiger partial charge in [0, 0.05) is 17.7 Å². The molecule has 0 amide bonds. The van der Waals surface area contributed by atoms with Gasteiger partial charge in [-0.1, -0.05) is 11.6 Å². The maximum absolute atomic E-state index is 11.4. The first-order valence-electron chi connectivity index (χ1n) is 5.01. The summed E-state index contributed by atoms with van der Waals surface area (Å²) in [6.45, 7) is 0. The molecule has 88 valence electrons. The van der Waals surface area contributed by atoms with E-state index in [1.54, 1.807) is 12.1 Å². The van der Waals surface area contributed by atoms with Gasteiger partial charge < -0.3 is 5.11 Å². The molecule has 0 aliphatic heterocycles. The van der Waals surface area contributed by atoms with E-state index in [1.165, 1.54) is 6.07 Å². The van der Waals surface area contributed by atoms with Crippen LogP contribution in [0.2, 0.25) is 5.02 Å². The first-order chi connectivity index (χ1) is 7.30. The highest BCUT2D eigenvalue weighted by molar-refractivity contribution is 7.90. The zero-order chi connectivity index (χ0) is 12.0. The molecule has 0 aromatic heterocycles. The molecule has 5 heteroatoms. The Morgan fingerprint density at radius 2 is 2.06 bits per heavy atom. The van der Waals surface area contributed by atoms with Crippen molar-refractivity contribution in [1.29, 1.82) is 0 Å². The van der Waals surface area contributed by atoms with Crippen molar-refractivity contribution in [3.8, 4) is 0 Å². The predicted octanol–water partition coefficient (Wildman–Crippen LogP) is 1.81. The largest absolute Gasteiger partial charge is 0.390 e. The molecule has 1 aromatic carbocycles. The Morgan fingerprint density at radius 1 is 1.44 bits per heavy atom. The van der Waals surface area contributed by atoms with Gasteiger partial charge in [0.1, 0.15) is 0 Å². The van der Waals surface area contributed by atoms with Crippen LogP contribution in [-0.4, -0.2) is 25.4 Å². The third-order valence-electron chi connectivity index (χ3n) is 2.79. The molecule has 1 aromatic rings. The number of aliphatic hydroxyl groups is 1. The van der Waals surface area contributed by atoms with E-state index in [1.807, 2.05) is 0 Å². The van der Waals surface area contributed by atoms with Crippen LogP contribution in [0.25, 0.3) is 0 Å². The van der Waals surface area contributed by atoms with E-state index in [0.29, 0.717) is 17.0 Å². The highest BCUT2D eigenvalue weighted by atomic mass is 35.5. The monoisotopic (exact) mass is 260 g/mol. The lowest BCUT2D eigenvalue weighted by Crippen LogP contribution is -2.11. The molecule has 2 rings (SSSR count). The molecule has 0 heterocycles. The highest BCUT2D eigenvalue weighted by Gasteiger charge is 2.40. The average Bonchev–Trinajstić information content (AvgIpc) is 2.86. The number of sulfone groups is 1. The molecule has 0 bridgehead atoms. The van der Waals surface area contributed by atoms with Gasteiger partial charge in [0.15, 0.2) is 9.84 Å². The van der Waals surface area contributed by atoms with Gasteiger partial charge in [0.05, 0.1) is 10.5 Å².